The molecule has 0 bridgehead atoms. The Morgan fingerprint density at radius 3 is 2.71 bits per heavy atom. The molecule has 0 aliphatic carbocycles. The van der Waals surface area contributed by atoms with Gasteiger partial charge in [-0.1, -0.05) is 19.1 Å². The summed E-state index contributed by atoms with van der Waals surface area (Å²) < 4.78 is 0. The van der Waals surface area contributed by atoms with Gasteiger partial charge in [-0.15, -0.1) is 0 Å². The van der Waals surface area contributed by atoms with Crippen molar-refractivity contribution < 1.29 is 9.59 Å². The lowest BCUT2D eigenvalue weighted by atomic mass is 9.98. The average Bonchev–Trinajstić information content (AvgIpc) is 2.39. The molecule has 1 aliphatic rings. The number of carbonyl (C=O) groups is 2. The number of benzene rings is 1. The van der Waals surface area contributed by atoms with E-state index < -0.39 is 0 Å². The minimum Gasteiger partial charge on any atom is -0.339 e. The zero-order chi connectivity index (χ0) is 12.3. The van der Waals surface area contributed by atoms with Gasteiger partial charge in [0.05, 0.1) is 0 Å². The number of rotatable bonds is 2. The summed E-state index contributed by atoms with van der Waals surface area (Å²) in [6, 6.07) is 6.90. The summed E-state index contributed by atoms with van der Waals surface area (Å²) >= 11 is 0. The smallest absolute Gasteiger partial charge is 0.253 e. The van der Waals surface area contributed by atoms with E-state index in [2.05, 4.69) is 6.92 Å². The topological polar surface area (TPSA) is 37.4 Å². The van der Waals surface area contributed by atoms with Crippen LogP contribution in [0.1, 0.15) is 40.5 Å². The first-order valence-electron chi connectivity index (χ1n) is 6.05. The molecule has 1 amide bonds. The molecule has 1 aromatic carbocycles. The van der Waals surface area contributed by atoms with Gasteiger partial charge in [-0.3, -0.25) is 9.59 Å². The minimum atomic E-state index is 0.0422. The van der Waals surface area contributed by atoms with Crippen LogP contribution in [0.25, 0.3) is 0 Å². The molecule has 1 aliphatic heterocycles. The van der Waals surface area contributed by atoms with Crippen molar-refractivity contribution in [3.8, 4) is 0 Å². The lowest BCUT2D eigenvalue weighted by Gasteiger charge is -2.30. The Balaban J connectivity index is 2.11. The predicted octanol–water partition coefficient (Wildman–Crippen LogP) is 2.37. The zero-order valence-electron chi connectivity index (χ0n) is 10.1. The Morgan fingerprint density at radius 1 is 1.35 bits per heavy atom. The Labute approximate surface area is 101 Å². The number of amides is 1. The molecule has 90 valence electrons. The van der Waals surface area contributed by atoms with Crippen molar-refractivity contribution >= 4 is 12.2 Å². The Bertz CT molecular complexity index is 420. The van der Waals surface area contributed by atoms with Crippen LogP contribution < -0.4 is 0 Å². The first kappa shape index (κ1) is 11.8. The van der Waals surface area contributed by atoms with E-state index in [0.29, 0.717) is 17.0 Å². The molecule has 1 aromatic rings. The minimum absolute atomic E-state index is 0.0422. The molecule has 17 heavy (non-hydrogen) atoms. The fourth-order valence-electron chi connectivity index (χ4n) is 2.14. The molecule has 3 nitrogen and oxygen atoms in total. The van der Waals surface area contributed by atoms with Crippen LogP contribution in [0.2, 0.25) is 0 Å². The summed E-state index contributed by atoms with van der Waals surface area (Å²) in [7, 11) is 0. The van der Waals surface area contributed by atoms with Crippen LogP contribution in [0.5, 0.6) is 0 Å². The van der Waals surface area contributed by atoms with E-state index in [4.69, 9.17) is 0 Å². The monoisotopic (exact) mass is 231 g/mol. The number of aldehydes is 1. The van der Waals surface area contributed by atoms with Crippen LogP contribution in [0, 0.1) is 5.92 Å². The van der Waals surface area contributed by atoms with Crippen LogP contribution in [-0.4, -0.2) is 30.2 Å². The lowest BCUT2D eigenvalue weighted by Crippen LogP contribution is -2.37. The van der Waals surface area contributed by atoms with Gasteiger partial charge < -0.3 is 4.90 Å². The van der Waals surface area contributed by atoms with Crippen LogP contribution in [0.4, 0.5) is 0 Å². The highest BCUT2D eigenvalue weighted by molar-refractivity contribution is 5.95. The number of carbonyl (C=O) groups excluding carboxylic acids is 2. The first-order chi connectivity index (χ1) is 8.20. The molecular formula is C14H17NO2. The molecule has 0 unspecified atom stereocenters. The largest absolute Gasteiger partial charge is 0.339 e. The van der Waals surface area contributed by atoms with Gasteiger partial charge in [0, 0.05) is 24.2 Å². The van der Waals surface area contributed by atoms with E-state index in [9.17, 15) is 9.59 Å². The second kappa shape index (κ2) is 5.13. The molecule has 0 spiro atoms. The highest BCUT2D eigenvalue weighted by Gasteiger charge is 2.21. The summed E-state index contributed by atoms with van der Waals surface area (Å²) in [6.45, 7) is 3.87. The fourth-order valence-corrected chi connectivity index (χ4v) is 2.14. The maximum absolute atomic E-state index is 12.2. The summed E-state index contributed by atoms with van der Waals surface area (Å²) in [5.74, 6) is 0.751. The SMILES string of the molecule is CC1CCN(C(=O)c2cccc(C=O)c2)CC1. The van der Waals surface area contributed by atoms with Gasteiger partial charge in [-0.25, -0.2) is 0 Å². The van der Waals surface area contributed by atoms with Gasteiger partial charge in [0.15, 0.2) is 0 Å². The quantitative estimate of drug-likeness (QED) is 0.733. The normalized spacial score (nSPS) is 16.9. The van der Waals surface area contributed by atoms with Gasteiger partial charge in [0.2, 0.25) is 0 Å². The van der Waals surface area contributed by atoms with Crippen molar-refractivity contribution in [2.75, 3.05) is 13.1 Å². The van der Waals surface area contributed by atoms with Crippen molar-refractivity contribution in [2.24, 2.45) is 5.92 Å². The highest BCUT2D eigenvalue weighted by Crippen LogP contribution is 2.18. The summed E-state index contributed by atoms with van der Waals surface area (Å²) in [4.78, 5) is 24.7. The van der Waals surface area contributed by atoms with Crippen molar-refractivity contribution in [3.05, 3.63) is 35.4 Å². The van der Waals surface area contributed by atoms with Crippen LogP contribution in [0.3, 0.4) is 0 Å². The van der Waals surface area contributed by atoms with Crippen LogP contribution in [-0.2, 0) is 0 Å². The molecule has 1 saturated heterocycles. The van der Waals surface area contributed by atoms with Gasteiger partial charge >= 0.3 is 0 Å². The second-order valence-electron chi connectivity index (χ2n) is 4.72. The van der Waals surface area contributed by atoms with Crippen molar-refractivity contribution in [1.82, 2.24) is 4.90 Å². The van der Waals surface area contributed by atoms with Gasteiger partial charge in [-0.2, -0.15) is 0 Å². The fraction of sp³-hybridized carbons (Fsp3) is 0.429. The van der Waals surface area contributed by atoms with Crippen LogP contribution >= 0.6 is 0 Å². The third-order valence-electron chi connectivity index (χ3n) is 3.34. The maximum Gasteiger partial charge on any atom is 0.253 e. The lowest BCUT2D eigenvalue weighted by molar-refractivity contribution is 0.0697. The number of hydrogen-bond donors (Lipinski definition) is 0. The van der Waals surface area contributed by atoms with Crippen LogP contribution in [0.15, 0.2) is 24.3 Å². The van der Waals surface area contributed by atoms with Crippen molar-refractivity contribution in [3.63, 3.8) is 0 Å². The maximum atomic E-state index is 12.2. The molecule has 0 N–H and O–H groups in total. The summed E-state index contributed by atoms with van der Waals surface area (Å²) in [6.07, 6.45) is 2.91. The molecular weight excluding hydrogens is 214 g/mol. The van der Waals surface area contributed by atoms with Gasteiger partial charge in [-0.05, 0) is 30.9 Å². The second-order valence-corrected chi connectivity index (χ2v) is 4.72. The van der Waals surface area contributed by atoms with E-state index in [0.717, 1.165) is 32.2 Å². The number of piperidine rings is 1. The Morgan fingerprint density at radius 2 is 2.06 bits per heavy atom. The third-order valence-corrected chi connectivity index (χ3v) is 3.34. The summed E-state index contributed by atoms with van der Waals surface area (Å²) in [5.41, 5.74) is 1.17. The molecule has 2 rings (SSSR count). The Hall–Kier alpha value is -1.64. The number of hydrogen-bond acceptors (Lipinski definition) is 2. The molecule has 1 heterocycles. The highest BCUT2D eigenvalue weighted by atomic mass is 16.2. The van der Waals surface area contributed by atoms with E-state index in [-0.39, 0.29) is 5.91 Å². The van der Waals surface area contributed by atoms with E-state index >= 15 is 0 Å². The van der Waals surface area contributed by atoms with Crippen molar-refractivity contribution in [2.45, 2.75) is 19.8 Å². The van der Waals surface area contributed by atoms with Gasteiger partial charge in [0.1, 0.15) is 6.29 Å². The number of nitrogens with zero attached hydrogens (tertiary/aromatic N) is 1. The molecule has 3 heteroatoms. The molecule has 0 atom stereocenters. The molecule has 0 saturated carbocycles. The number of likely N-dealkylation sites (tertiary alicyclic amines) is 1. The van der Waals surface area contributed by atoms with Gasteiger partial charge in [0.25, 0.3) is 5.91 Å². The Kier molecular flexibility index (Phi) is 3.57. The summed E-state index contributed by atoms with van der Waals surface area (Å²) in [5, 5.41) is 0. The average molecular weight is 231 g/mol. The van der Waals surface area contributed by atoms with Crippen molar-refractivity contribution in [1.29, 1.82) is 0 Å². The zero-order valence-corrected chi connectivity index (χ0v) is 10.1. The third kappa shape index (κ3) is 2.73. The van der Waals surface area contributed by atoms with E-state index in [1.54, 1.807) is 24.3 Å². The standard InChI is InChI=1S/C14H17NO2/c1-11-5-7-15(8-6-11)14(17)13-4-2-3-12(9-13)10-16/h2-4,9-11H,5-8H2,1H3. The predicted molar refractivity (Wildman–Crippen MR) is 66.1 cm³/mol. The van der Waals surface area contributed by atoms with E-state index in [1.807, 2.05) is 4.90 Å². The molecule has 0 radical (unpaired) electrons. The molecule has 1 fully saturated rings. The van der Waals surface area contributed by atoms with E-state index in [1.165, 1.54) is 0 Å². The first-order valence-corrected chi connectivity index (χ1v) is 6.05. The molecule has 0 aromatic heterocycles.